The molecule has 0 spiro atoms. The van der Waals surface area contributed by atoms with E-state index in [1.165, 1.54) is 0 Å². The number of aromatic nitrogens is 2. The number of benzene rings is 1. The molecule has 4 nitrogen and oxygen atoms in total. The molecule has 0 fully saturated rings. The zero-order valence-corrected chi connectivity index (χ0v) is 11.5. The van der Waals surface area contributed by atoms with Gasteiger partial charge in [-0.3, -0.25) is 4.79 Å². The van der Waals surface area contributed by atoms with Gasteiger partial charge in [0.05, 0.1) is 6.42 Å². The third kappa shape index (κ3) is 3.52. The van der Waals surface area contributed by atoms with Crippen molar-refractivity contribution in [2.75, 3.05) is 0 Å². The van der Waals surface area contributed by atoms with Crippen molar-refractivity contribution in [3.63, 3.8) is 0 Å². The minimum atomic E-state index is -3.05. The van der Waals surface area contributed by atoms with E-state index in [0.717, 1.165) is 0 Å². The Bertz CT molecular complexity index is 611. The number of hydrogen-bond acceptors (Lipinski definition) is 4. The lowest BCUT2D eigenvalue weighted by Gasteiger charge is -2.02. The Morgan fingerprint density at radius 1 is 1.30 bits per heavy atom. The first-order valence-corrected chi connectivity index (χ1v) is 6.28. The van der Waals surface area contributed by atoms with E-state index >= 15 is 0 Å². The molecule has 1 aromatic carbocycles. The van der Waals surface area contributed by atoms with Gasteiger partial charge in [0, 0.05) is 16.5 Å². The van der Waals surface area contributed by atoms with Crippen molar-refractivity contribution in [3.05, 3.63) is 45.5 Å². The second kappa shape index (κ2) is 6.28. The van der Waals surface area contributed by atoms with Crippen LogP contribution in [0.15, 0.2) is 22.7 Å². The lowest BCUT2D eigenvalue weighted by atomic mass is 10.1. The predicted molar refractivity (Wildman–Crippen MR) is 68.3 cm³/mol. The van der Waals surface area contributed by atoms with Crippen LogP contribution < -0.4 is 0 Å². The van der Waals surface area contributed by atoms with Crippen LogP contribution >= 0.6 is 23.2 Å². The lowest BCUT2D eigenvalue weighted by molar-refractivity contribution is -0.129. The average Bonchev–Trinajstić information content (AvgIpc) is 2.81. The number of halogens is 4. The fourth-order valence-corrected chi connectivity index (χ4v) is 2.05. The highest BCUT2D eigenvalue weighted by Gasteiger charge is 2.20. The Balaban J connectivity index is 2.12. The molecule has 0 amide bonds. The number of hydrogen-bond donors (Lipinski definition) is 0. The Kier molecular flexibility index (Phi) is 4.67. The smallest absolute Gasteiger partial charge is 0.296 e. The Hall–Kier alpha value is -1.53. The van der Waals surface area contributed by atoms with E-state index in [1.54, 1.807) is 18.2 Å². The predicted octanol–water partition coefficient (Wildman–Crippen LogP) is 3.34. The van der Waals surface area contributed by atoms with Gasteiger partial charge < -0.3 is 4.52 Å². The van der Waals surface area contributed by atoms with Crippen molar-refractivity contribution in [1.29, 1.82) is 0 Å². The fourth-order valence-electron chi connectivity index (χ4n) is 1.52. The molecule has 0 aliphatic rings. The first-order chi connectivity index (χ1) is 9.47. The molecule has 0 saturated carbocycles. The summed E-state index contributed by atoms with van der Waals surface area (Å²) in [5.41, 5.74) is 0.600. The van der Waals surface area contributed by atoms with Crippen molar-refractivity contribution in [2.24, 2.45) is 0 Å². The van der Waals surface area contributed by atoms with Gasteiger partial charge >= 0.3 is 0 Å². The molecule has 0 aliphatic heterocycles. The van der Waals surface area contributed by atoms with Crippen LogP contribution in [-0.4, -0.2) is 22.3 Å². The normalized spacial score (nSPS) is 11.1. The molecule has 0 aliphatic carbocycles. The van der Waals surface area contributed by atoms with Gasteiger partial charge in [0.15, 0.2) is 5.82 Å². The van der Waals surface area contributed by atoms with E-state index in [9.17, 15) is 13.6 Å². The molecule has 0 saturated heterocycles. The lowest BCUT2D eigenvalue weighted by Crippen LogP contribution is -2.13. The molecule has 20 heavy (non-hydrogen) atoms. The number of Topliss-reactive ketones (excluding diaryl/α,β-unsaturated/α-hetero) is 1. The molecule has 2 rings (SSSR count). The largest absolute Gasteiger partial charge is 0.339 e. The van der Waals surface area contributed by atoms with E-state index < -0.39 is 18.6 Å². The van der Waals surface area contributed by atoms with Crippen LogP contribution in [0.25, 0.3) is 0 Å². The van der Waals surface area contributed by atoms with Crippen LogP contribution in [0, 0.1) is 0 Å². The summed E-state index contributed by atoms with van der Waals surface area (Å²) >= 11 is 12.0. The zero-order valence-electron chi connectivity index (χ0n) is 9.95. The summed E-state index contributed by atoms with van der Waals surface area (Å²) in [6.45, 7) is 0. The number of carbonyl (C=O) groups excluding carboxylic acids is 1. The summed E-state index contributed by atoms with van der Waals surface area (Å²) in [4.78, 5) is 14.7. The Labute approximate surface area is 122 Å². The summed E-state index contributed by atoms with van der Waals surface area (Å²) < 4.78 is 28.9. The topological polar surface area (TPSA) is 56.0 Å². The number of rotatable bonds is 5. The van der Waals surface area contributed by atoms with Crippen LogP contribution in [0.1, 0.15) is 17.3 Å². The van der Waals surface area contributed by atoms with Crippen LogP contribution in [0.5, 0.6) is 0 Å². The first kappa shape index (κ1) is 14.9. The molecule has 0 atom stereocenters. The summed E-state index contributed by atoms with van der Waals surface area (Å²) in [7, 11) is 0. The quantitative estimate of drug-likeness (QED) is 0.847. The van der Waals surface area contributed by atoms with Crippen LogP contribution in [-0.2, 0) is 17.6 Å². The van der Waals surface area contributed by atoms with E-state index in [0.29, 0.717) is 15.6 Å². The van der Waals surface area contributed by atoms with Crippen molar-refractivity contribution in [3.8, 4) is 0 Å². The Morgan fingerprint density at radius 3 is 2.55 bits per heavy atom. The molecule has 0 radical (unpaired) electrons. The minimum absolute atomic E-state index is 0.159. The van der Waals surface area contributed by atoms with Gasteiger partial charge in [0.2, 0.25) is 11.7 Å². The molecule has 8 heteroatoms. The summed E-state index contributed by atoms with van der Waals surface area (Å²) in [6, 6.07) is 5.01. The molecule has 1 heterocycles. The van der Waals surface area contributed by atoms with Crippen LogP contribution in [0.2, 0.25) is 10.0 Å². The third-order valence-electron chi connectivity index (χ3n) is 2.48. The van der Waals surface area contributed by atoms with E-state index in [-0.39, 0.29) is 18.1 Å². The maximum Gasteiger partial charge on any atom is 0.296 e. The highest BCUT2D eigenvalue weighted by molar-refractivity contribution is 6.36. The molecule has 0 bridgehead atoms. The number of nitrogens with zero attached hydrogens (tertiary/aromatic N) is 2. The molecule has 2 aromatic rings. The standard InChI is InChI=1S/C12H8Cl2F2N2O2/c13-7-2-1-3-8(14)6(7)4-10-17-11(20-18-10)5-9(19)12(15)16/h1-3,12H,4-5H2. The summed E-state index contributed by atoms with van der Waals surface area (Å²) in [6.07, 6.45) is -3.46. The maximum absolute atomic E-state index is 12.1. The highest BCUT2D eigenvalue weighted by atomic mass is 35.5. The number of alkyl halides is 2. The summed E-state index contributed by atoms with van der Waals surface area (Å²) in [5.74, 6) is -1.21. The molecular weight excluding hydrogens is 313 g/mol. The van der Waals surface area contributed by atoms with Crippen molar-refractivity contribution >= 4 is 29.0 Å². The fraction of sp³-hybridized carbons (Fsp3) is 0.250. The minimum Gasteiger partial charge on any atom is -0.339 e. The van der Waals surface area contributed by atoms with Gasteiger partial charge in [-0.25, -0.2) is 8.78 Å². The van der Waals surface area contributed by atoms with Crippen molar-refractivity contribution < 1.29 is 18.1 Å². The highest BCUT2D eigenvalue weighted by Crippen LogP contribution is 2.26. The summed E-state index contributed by atoms with van der Waals surface area (Å²) in [5, 5.41) is 4.48. The van der Waals surface area contributed by atoms with Gasteiger partial charge in [-0.15, -0.1) is 0 Å². The van der Waals surface area contributed by atoms with E-state index in [2.05, 4.69) is 10.1 Å². The van der Waals surface area contributed by atoms with Crippen LogP contribution in [0.3, 0.4) is 0 Å². The monoisotopic (exact) mass is 320 g/mol. The van der Waals surface area contributed by atoms with E-state index in [1.807, 2.05) is 0 Å². The molecule has 0 N–H and O–H groups in total. The van der Waals surface area contributed by atoms with Crippen molar-refractivity contribution in [2.45, 2.75) is 19.3 Å². The SMILES string of the molecule is O=C(Cc1nc(Cc2c(Cl)cccc2Cl)no1)C(F)F. The second-order valence-electron chi connectivity index (χ2n) is 3.93. The zero-order chi connectivity index (χ0) is 14.7. The second-order valence-corrected chi connectivity index (χ2v) is 4.74. The average molecular weight is 321 g/mol. The van der Waals surface area contributed by atoms with E-state index in [4.69, 9.17) is 27.7 Å². The van der Waals surface area contributed by atoms with Crippen molar-refractivity contribution in [1.82, 2.24) is 10.1 Å². The maximum atomic E-state index is 12.1. The van der Waals surface area contributed by atoms with Gasteiger partial charge in [0.1, 0.15) is 0 Å². The molecule has 106 valence electrons. The molecule has 1 aromatic heterocycles. The van der Waals surface area contributed by atoms with Gasteiger partial charge in [0.25, 0.3) is 6.43 Å². The number of carbonyl (C=O) groups is 1. The first-order valence-electron chi connectivity index (χ1n) is 5.52. The molecule has 0 unspecified atom stereocenters. The Morgan fingerprint density at radius 2 is 1.95 bits per heavy atom. The van der Waals surface area contributed by atoms with Gasteiger partial charge in [-0.1, -0.05) is 34.4 Å². The van der Waals surface area contributed by atoms with Crippen LogP contribution in [0.4, 0.5) is 8.78 Å². The third-order valence-corrected chi connectivity index (χ3v) is 3.18. The van der Waals surface area contributed by atoms with Gasteiger partial charge in [-0.2, -0.15) is 4.98 Å². The number of ketones is 1. The van der Waals surface area contributed by atoms with Gasteiger partial charge in [-0.05, 0) is 17.7 Å². The molecular formula is C12H8Cl2F2N2O2.